The Morgan fingerprint density at radius 1 is 1.34 bits per heavy atom. The highest BCUT2D eigenvalue weighted by Gasteiger charge is 2.42. The average Bonchev–Trinajstić information content (AvgIpc) is 3.27. The first kappa shape index (κ1) is 22.6. The number of halogens is 1. The van der Waals surface area contributed by atoms with Crippen molar-refractivity contribution in [3.8, 4) is 5.75 Å². The van der Waals surface area contributed by atoms with E-state index in [-0.39, 0.29) is 29.7 Å². The molecule has 0 spiro atoms. The number of rotatable bonds is 6. The van der Waals surface area contributed by atoms with Crippen molar-refractivity contribution in [2.75, 3.05) is 29.6 Å². The number of hydrogen-bond acceptors (Lipinski definition) is 7. The number of hydrazine groups is 1. The van der Waals surface area contributed by atoms with Crippen molar-refractivity contribution in [1.82, 2.24) is 10.9 Å². The van der Waals surface area contributed by atoms with Gasteiger partial charge < -0.3 is 10.1 Å². The highest BCUT2D eigenvalue weighted by molar-refractivity contribution is 8.14. The van der Waals surface area contributed by atoms with E-state index in [1.807, 2.05) is 31.2 Å². The maximum atomic E-state index is 13.3. The van der Waals surface area contributed by atoms with E-state index in [9.17, 15) is 9.59 Å². The van der Waals surface area contributed by atoms with Gasteiger partial charge in [-0.15, -0.1) is 0 Å². The molecule has 2 amide bonds. The minimum Gasteiger partial charge on any atom is -0.495 e. The third kappa shape index (κ3) is 4.61. The first-order valence-corrected chi connectivity index (χ1v) is 11.6. The Morgan fingerprint density at radius 2 is 2.16 bits per heavy atom. The number of aliphatic imine (C=N–C) groups is 1. The number of ether oxygens (including phenoxy) is 1. The maximum Gasteiger partial charge on any atom is 0.241 e. The van der Waals surface area contributed by atoms with Gasteiger partial charge in [0.05, 0.1) is 29.5 Å². The number of fused-ring (bicyclic) bond motifs is 1. The van der Waals surface area contributed by atoms with Crippen molar-refractivity contribution in [3.63, 3.8) is 0 Å². The molecular weight excluding hydrogens is 450 g/mol. The minimum absolute atomic E-state index is 0.107. The van der Waals surface area contributed by atoms with Gasteiger partial charge in [0.25, 0.3) is 0 Å². The molecule has 32 heavy (non-hydrogen) atoms. The highest BCUT2D eigenvalue weighted by Crippen LogP contribution is 2.34. The molecule has 1 fully saturated rings. The number of nitrogens with one attached hydrogen (secondary N) is 3. The van der Waals surface area contributed by atoms with Gasteiger partial charge in [0.2, 0.25) is 11.8 Å². The van der Waals surface area contributed by atoms with Crippen LogP contribution in [0.4, 0.5) is 11.4 Å². The second-order valence-electron chi connectivity index (χ2n) is 7.33. The Kier molecular flexibility index (Phi) is 7.00. The zero-order valence-corrected chi connectivity index (χ0v) is 19.3. The molecule has 3 N–H and O–H groups in total. The summed E-state index contributed by atoms with van der Waals surface area (Å²) in [5.41, 5.74) is 8.44. The molecule has 4 rings (SSSR count). The summed E-state index contributed by atoms with van der Waals surface area (Å²) in [4.78, 5) is 32.2. The van der Waals surface area contributed by atoms with E-state index < -0.39 is 0 Å². The van der Waals surface area contributed by atoms with Gasteiger partial charge in [0, 0.05) is 12.2 Å². The molecule has 0 saturated carbocycles. The molecule has 2 aliphatic heterocycles. The Hall–Kier alpha value is -2.59. The lowest BCUT2D eigenvalue weighted by Crippen LogP contribution is -2.49. The lowest BCUT2D eigenvalue weighted by Gasteiger charge is -2.32. The van der Waals surface area contributed by atoms with Gasteiger partial charge in [-0.3, -0.25) is 19.9 Å². The predicted molar refractivity (Wildman–Crippen MR) is 128 cm³/mol. The van der Waals surface area contributed by atoms with Gasteiger partial charge in [-0.1, -0.05) is 48.5 Å². The Labute approximate surface area is 195 Å². The number of para-hydroxylation sites is 1. The molecule has 2 unspecified atom stereocenters. The fourth-order valence-corrected chi connectivity index (χ4v) is 4.76. The van der Waals surface area contributed by atoms with E-state index >= 15 is 0 Å². The van der Waals surface area contributed by atoms with E-state index in [2.05, 4.69) is 16.2 Å². The van der Waals surface area contributed by atoms with Crippen LogP contribution in [-0.2, 0) is 16.0 Å². The topological polar surface area (TPSA) is 95.1 Å². The van der Waals surface area contributed by atoms with Gasteiger partial charge in [0.1, 0.15) is 11.9 Å². The van der Waals surface area contributed by atoms with Crippen molar-refractivity contribution in [1.29, 1.82) is 0 Å². The number of methoxy groups -OCH3 is 1. The molecule has 2 atom stereocenters. The number of thioether (sulfide) groups is 1. The van der Waals surface area contributed by atoms with E-state index in [1.165, 1.54) is 23.8 Å². The minimum atomic E-state index is -0.376. The zero-order chi connectivity index (χ0) is 22.7. The molecule has 2 aromatic rings. The van der Waals surface area contributed by atoms with Gasteiger partial charge in [0.15, 0.2) is 5.17 Å². The lowest BCUT2D eigenvalue weighted by atomic mass is 10.0. The first-order valence-electron chi connectivity index (χ1n) is 10.3. The number of anilines is 2. The van der Waals surface area contributed by atoms with Gasteiger partial charge in [-0.2, -0.15) is 0 Å². The number of nitrogens with zero attached hydrogens (tertiary/aromatic N) is 2. The number of amidine groups is 1. The van der Waals surface area contributed by atoms with Crippen molar-refractivity contribution in [3.05, 3.63) is 53.1 Å². The van der Waals surface area contributed by atoms with Crippen LogP contribution in [-0.4, -0.2) is 42.6 Å². The van der Waals surface area contributed by atoms with Crippen molar-refractivity contribution >= 4 is 51.7 Å². The zero-order valence-electron chi connectivity index (χ0n) is 17.7. The summed E-state index contributed by atoms with van der Waals surface area (Å²) in [6, 6.07) is 12.8. The fourth-order valence-electron chi connectivity index (χ4n) is 3.67. The van der Waals surface area contributed by atoms with Crippen molar-refractivity contribution < 1.29 is 14.3 Å². The van der Waals surface area contributed by atoms with E-state index in [4.69, 9.17) is 21.3 Å². The third-order valence-electron chi connectivity index (χ3n) is 5.33. The smallest absolute Gasteiger partial charge is 0.241 e. The quantitative estimate of drug-likeness (QED) is 0.597. The molecule has 2 aliphatic rings. The van der Waals surface area contributed by atoms with Crippen LogP contribution in [0.25, 0.3) is 0 Å². The van der Waals surface area contributed by atoms with Crippen LogP contribution in [0, 0.1) is 5.92 Å². The normalized spacial score (nSPS) is 20.0. The summed E-state index contributed by atoms with van der Waals surface area (Å²) >= 11 is 7.51. The summed E-state index contributed by atoms with van der Waals surface area (Å²) in [5.74, 6) is 0.00365. The largest absolute Gasteiger partial charge is 0.495 e. The summed E-state index contributed by atoms with van der Waals surface area (Å²) in [5, 5.41) is 3.78. The van der Waals surface area contributed by atoms with Crippen LogP contribution in [0.2, 0.25) is 5.02 Å². The molecule has 0 radical (unpaired) electrons. The van der Waals surface area contributed by atoms with Gasteiger partial charge in [-0.05, 0) is 36.2 Å². The second-order valence-corrected chi connectivity index (χ2v) is 8.68. The predicted octanol–water partition coefficient (Wildman–Crippen LogP) is 3.04. The molecule has 168 valence electrons. The molecule has 1 saturated heterocycles. The maximum absolute atomic E-state index is 13.3. The summed E-state index contributed by atoms with van der Waals surface area (Å²) in [6.45, 7) is 2.51. The monoisotopic (exact) mass is 473 g/mol. The molecule has 2 aromatic carbocycles. The van der Waals surface area contributed by atoms with Crippen LogP contribution < -0.4 is 25.8 Å². The number of benzene rings is 2. The number of carbonyl (C=O) groups excluding carboxylic acids is 2. The molecule has 0 aromatic heterocycles. The fraction of sp³-hybridized carbons (Fsp3) is 0.318. The van der Waals surface area contributed by atoms with Crippen molar-refractivity contribution in [2.24, 2.45) is 10.9 Å². The highest BCUT2D eigenvalue weighted by atomic mass is 35.5. The summed E-state index contributed by atoms with van der Waals surface area (Å²) in [6.07, 6.45) is 0.442. The van der Waals surface area contributed by atoms with Crippen LogP contribution in [0.1, 0.15) is 12.5 Å². The third-order valence-corrected chi connectivity index (χ3v) is 6.58. The SMILES string of the molecule is CCc1ccccc1NC(=O)CSC1=NC2NNCC2C(=O)N1c1ccc(OC)c(Cl)c1. The van der Waals surface area contributed by atoms with Gasteiger partial charge in [-0.25, -0.2) is 10.4 Å². The molecule has 10 heteroatoms. The molecular formula is C22H24ClN5O3S. The molecule has 8 nitrogen and oxygen atoms in total. The van der Waals surface area contributed by atoms with Crippen LogP contribution in [0.3, 0.4) is 0 Å². The number of amides is 2. The first-order chi connectivity index (χ1) is 15.5. The average molecular weight is 474 g/mol. The Balaban J connectivity index is 1.55. The summed E-state index contributed by atoms with van der Waals surface area (Å²) < 4.78 is 5.22. The van der Waals surface area contributed by atoms with Crippen LogP contribution in [0.5, 0.6) is 5.75 Å². The lowest BCUT2D eigenvalue weighted by molar-refractivity contribution is -0.121. The summed E-state index contributed by atoms with van der Waals surface area (Å²) in [7, 11) is 1.53. The van der Waals surface area contributed by atoms with E-state index in [0.29, 0.717) is 28.2 Å². The van der Waals surface area contributed by atoms with Crippen LogP contribution in [0.15, 0.2) is 47.5 Å². The molecule has 0 aliphatic carbocycles. The molecule has 2 heterocycles. The van der Waals surface area contributed by atoms with E-state index in [0.717, 1.165) is 17.7 Å². The standard InChI is InChI=1S/C22H24ClN5O3S/c1-3-13-6-4-5-7-17(13)25-19(29)12-32-22-26-20-15(11-24-27-20)21(30)28(22)14-8-9-18(31-2)16(23)10-14/h4-10,15,20,24,27H,3,11-12H2,1-2H3,(H,25,29). The van der Waals surface area contributed by atoms with Crippen LogP contribution >= 0.6 is 23.4 Å². The van der Waals surface area contributed by atoms with Crippen molar-refractivity contribution in [2.45, 2.75) is 19.5 Å². The van der Waals surface area contributed by atoms with E-state index in [1.54, 1.807) is 18.2 Å². The second kappa shape index (κ2) is 9.91. The number of aryl methyl sites for hydroxylation is 1. The van der Waals surface area contributed by atoms with Gasteiger partial charge >= 0.3 is 0 Å². The molecule has 0 bridgehead atoms. The number of hydrogen-bond donors (Lipinski definition) is 3. The Morgan fingerprint density at radius 3 is 2.91 bits per heavy atom. The number of carbonyl (C=O) groups is 2. The Bertz CT molecular complexity index is 1060.